The quantitative estimate of drug-likeness (QED) is 0.776. The Morgan fingerprint density at radius 2 is 2.14 bits per heavy atom. The highest BCUT2D eigenvalue weighted by Gasteiger charge is 2.27. The van der Waals surface area contributed by atoms with Crippen molar-refractivity contribution in [1.29, 1.82) is 0 Å². The zero-order chi connectivity index (χ0) is 19.3. The molecule has 2 aromatic rings. The van der Waals surface area contributed by atoms with Crippen molar-refractivity contribution in [2.45, 2.75) is 83.8 Å². The van der Waals surface area contributed by atoms with Crippen molar-refractivity contribution in [1.82, 2.24) is 30.0 Å². The number of likely N-dealkylation sites (tertiary alicyclic amines) is 1. The van der Waals surface area contributed by atoms with Gasteiger partial charge in [-0.25, -0.2) is 9.78 Å². The third-order valence-corrected chi connectivity index (χ3v) is 6.31. The molecular formula is C21H32N6O. The average molecular weight is 385 g/mol. The van der Waals surface area contributed by atoms with Crippen LogP contribution in [0.5, 0.6) is 0 Å². The number of H-pyrrole nitrogens is 1. The summed E-state index contributed by atoms with van der Waals surface area (Å²) in [6.45, 7) is 4.30. The summed E-state index contributed by atoms with van der Waals surface area (Å²) in [5.74, 6) is 1.03. The molecular weight excluding hydrogens is 352 g/mol. The van der Waals surface area contributed by atoms with Crippen LogP contribution < -0.4 is 5.32 Å². The van der Waals surface area contributed by atoms with Crippen molar-refractivity contribution in [3.8, 4) is 0 Å². The zero-order valence-corrected chi connectivity index (χ0v) is 16.9. The molecule has 1 unspecified atom stereocenters. The fourth-order valence-electron chi connectivity index (χ4n) is 4.63. The van der Waals surface area contributed by atoms with Gasteiger partial charge in [-0.15, -0.1) is 0 Å². The molecule has 152 valence electrons. The summed E-state index contributed by atoms with van der Waals surface area (Å²) in [6, 6.07) is 0.351. The van der Waals surface area contributed by atoms with Gasteiger partial charge in [0.1, 0.15) is 5.82 Å². The first-order chi connectivity index (χ1) is 13.7. The molecule has 1 saturated heterocycles. The van der Waals surface area contributed by atoms with Gasteiger partial charge in [-0.05, 0) is 63.9 Å². The van der Waals surface area contributed by atoms with Crippen LogP contribution in [0.3, 0.4) is 0 Å². The van der Waals surface area contributed by atoms with Crippen LogP contribution in [0.1, 0.15) is 67.7 Å². The van der Waals surface area contributed by atoms with Gasteiger partial charge < -0.3 is 14.8 Å². The van der Waals surface area contributed by atoms with E-state index in [0.717, 1.165) is 56.7 Å². The first-order valence-corrected chi connectivity index (χ1v) is 10.8. The number of aryl methyl sites for hydroxylation is 3. The van der Waals surface area contributed by atoms with E-state index in [9.17, 15) is 4.79 Å². The number of nitrogens with zero attached hydrogens (tertiary/aromatic N) is 4. The van der Waals surface area contributed by atoms with Gasteiger partial charge in [0.15, 0.2) is 0 Å². The standard InChI is InChI=1S/C21H32N6O/c1-16-22-11-14-26(16)13-10-17-7-5-6-12-27(17)21(28)23-15-20-18-8-3-2-4-9-19(18)24-25-20/h11,14,17H,2-10,12-13,15H2,1H3,(H,23,28)(H,24,25). The summed E-state index contributed by atoms with van der Waals surface area (Å²) in [4.78, 5) is 19.3. The number of carbonyl (C=O) groups excluding carboxylic acids is 1. The topological polar surface area (TPSA) is 78.8 Å². The van der Waals surface area contributed by atoms with Crippen molar-refractivity contribution >= 4 is 6.03 Å². The molecule has 1 aliphatic heterocycles. The number of aromatic nitrogens is 4. The van der Waals surface area contributed by atoms with Crippen LogP contribution in [-0.2, 0) is 25.9 Å². The van der Waals surface area contributed by atoms with E-state index in [1.54, 1.807) is 0 Å². The maximum atomic E-state index is 12.9. The predicted molar refractivity (Wildman–Crippen MR) is 108 cm³/mol. The minimum atomic E-state index is 0.0532. The third-order valence-electron chi connectivity index (χ3n) is 6.31. The van der Waals surface area contributed by atoms with Crippen LogP contribution in [0.25, 0.3) is 0 Å². The zero-order valence-electron chi connectivity index (χ0n) is 16.9. The number of piperidine rings is 1. The van der Waals surface area contributed by atoms with E-state index in [-0.39, 0.29) is 6.03 Å². The summed E-state index contributed by atoms with van der Waals surface area (Å²) in [6.07, 6.45) is 14.1. The fraction of sp³-hybridized carbons (Fsp3) is 0.667. The Morgan fingerprint density at radius 3 is 3.00 bits per heavy atom. The maximum absolute atomic E-state index is 12.9. The molecule has 2 aromatic heterocycles. The van der Waals surface area contributed by atoms with Crippen LogP contribution in [0.2, 0.25) is 0 Å². The number of nitrogens with one attached hydrogen (secondary N) is 2. The number of fused-ring (bicyclic) bond motifs is 1. The van der Waals surface area contributed by atoms with Crippen LogP contribution in [0, 0.1) is 6.92 Å². The van der Waals surface area contributed by atoms with Gasteiger partial charge in [-0.3, -0.25) is 5.10 Å². The van der Waals surface area contributed by atoms with Crippen molar-refractivity contribution in [2.24, 2.45) is 0 Å². The van der Waals surface area contributed by atoms with E-state index in [0.29, 0.717) is 12.6 Å². The van der Waals surface area contributed by atoms with E-state index >= 15 is 0 Å². The molecule has 28 heavy (non-hydrogen) atoms. The van der Waals surface area contributed by atoms with Crippen LogP contribution in [-0.4, -0.2) is 43.3 Å². The molecule has 0 radical (unpaired) electrons. The monoisotopic (exact) mass is 384 g/mol. The molecule has 3 heterocycles. The largest absolute Gasteiger partial charge is 0.335 e. The van der Waals surface area contributed by atoms with Crippen LogP contribution >= 0.6 is 0 Å². The number of imidazole rings is 1. The molecule has 1 fully saturated rings. The second-order valence-electron chi connectivity index (χ2n) is 8.15. The normalized spacial score (nSPS) is 19.9. The number of rotatable bonds is 5. The Hall–Kier alpha value is -2.31. The van der Waals surface area contributed by atoms with E-state index in [4.69, 9.17) is 0 Å². The lowest BCUT2D eigenvalue weighted by atomic mass is 9.99. The molecule has 2 N–H and O–H groups in total. The molecule has 2 aliphatic rings. The van der Waals surface area contributed by atoms with Gasteiger partial charge in [0, 0.05) is 37.2 Å². The molecule has 4 rings (SSSR count). The summed E-state index contributed by atoms with van der Waals surface area (Å²) in [5.41, 5.74) is 3.63. The van der Waals surface area contributed by atoms with Gasteiger partial charge in [0.05, 0.1) is 12.2 Å². The van der Waals surface area contributed by atoms with Gasteiger partial charge in [0.2, 0.25) is 0 Å². The van der Waals surface area contributed by atoms with Crippen LogP contribution in [0.4, 0.5) is 4.79 Å². The van der Waals surface area contributed by atoms with Gasteiger partial charge in [0.25, 0.3) is 0 Å². The van der Waals surface area contributed by atoms with E-state index in [2.05, 4.69) is 25.1 Å². The van der Waals surface area contributed by atoms with E-state index < -0.39 is 0 Å². The summed E-state index contributed by atoms with van der Waals surface area (Å²) >= 11 is 0. The summed E-state index contributed by atoms with van der Waals surface area (Å²) in [7, 11) is 0. The Bertz CT molecular complexity index is 795. The van der Waals surface area contributed by atoms with Crippen LogP contribution in [0.15, 0.2) is 12.4 Å². The Kier molecular flexibility index (Phi) is 5.98. The van der Waals surface area contributed by atoms with Crippen molar-refractivity contribution in [3.05, 3.63) is 35.2 Å². The Balaban J connectivity index is 1.34. The number of carbonyl (C=O) groups is 1. The number of urea groups is 1. The minimum Gasteiger partial charge on any atom is -0.335 e. The van der Waals surface area contributed by atoms with Crippen molar-refractivity contribution in [3.63, 3.8) is 0 Å². The lowest BCUT2D eigenvalue weighted by molar-refractivity contribution is 0.143. The minimum absolute atomic E-state index is 0.0532. The lowest BCUT2D eigenvalue weighted by Gasteiger charge is -2.36. The summed E-state index contributed by atoms with van der Waals surface area (Å²) in [5, 5.41) is 10.8. The van der Waals surface area contributed by atoms with Gasteiger partial charge >= 0.3 is 6.03 Å². The Morgan fingerprint density at radius 1 is 1.25 bits per heavy atom. The number of amides is 2. The highest BCUT2D eigenvalue weighted by atomic mass is 16.2. The van der Waals surface area contributed by atoms with Gasteiger partial charge in [-0.1, -0.05) is 6.42 Å². The third kappa shape index (κ3) is 4.23. The molecule has 1 atom stereocenters. The highest BCUT2D eigenvalue weighted by Crippen LogP contribution is 2.23. The van der Waals surface area contributed by atoms with E-state index in [1.807, 2.05) is 24.2 Å². The second-order valence-corrected chi connectivity index (χ2v) is 8.15. The van der Waals surface area contributed by atoms with Crippen molar-refractivity contribution < 1.29 is 4.79 Å². The summed E-state index contributed by atoms with van der Waals surface area (Å²) < 4.78 is 2.17. The molecule has 0 bridgehead atoms. The van der Waals surface area contributed by atoms with E-state index in [1.165, 1.54) is 36.9 Å². The maximum Gasteiger partial charge on any atom is 0.317 e. The SMILES string of the molecule is Cc1nccn1CCC1CCCCN1C(=O)NCc1n[nH]c2c1CCCCC2. The predicted octanol–water partition coefficient (Wildman–Crippen LogP) is 3.34. The lowest BCUT2D eigenvalue weighted by Crippen LogP contribution is -2.48. The highest BCUT2D eigenvalue weighted by molar-refractivity contribution is 5.74. The number of hydrogen-bond donors (Lipinski definition) is 2. The number of aromatic amines is 1. The molecule has 0 aromatic carbocycles. The number of hydrogen-bond acceptors (Lipinski definition) is 3. The smallest absolute Gasteiger partial charge is 0.317 e. The molecule has 0 spiro atoms. The first kappa shape index (κ1) is 19.0. The van der Waals surface area contributed by atoms with Crippen molar-refractivity contribution in [2.75, 3.05) is 6.54 Å². The molecule has 7 heteroatoms. The first-order valence-electron chi connectivity index (χ1n) is 10.8. The molecule has 1 aliphatic carbocycles. The molecule has 7 nitrogen and oxygen atoms in total. The fourth-order valence-corrected chi connectivity index (χ4v) is 4.63. The molecule has 2 amide bonds. The second kappa shape index (κ2) is 8.80. The molecule has 0 saturated carbocycles. The van der Waals surface area contributed by atoms with Gasteiger partial charge in [-0.2, -0.15) is 5.10 Å². The Labute approximate surface area is 166 Å². The average Bonchev–Trinajstić information content (AvgIpc) is 3.22.